The predicted octanol–water partition coefficient (Wildman–Crippen LogP) is 4.17. The van der Waals surface area contributed by atoms with E-state index in [9.17, 15) is 0 Å². The van der Waals surface area contributed by atoms with E-state index in [4.69, 9.17) is 26.8 Å². The molecule has 0 amide bonds. The number of methoxy groups -OCH3 is 2. The maximum Gasteiger partial charge on any atom is 0.124 e. The average molecular weight is 357 g/mol. The van der Waals surface area contributed by atoms with E-state index in [0.29, 0.717) is 10.8 Å². The van der Waals surface area contributed by atoms with Crippen molar-refractivity contribution < 1.29 is 9.47 Å². The third-order valence-electron chi connectivity index (χ3n) is 3.07. The van der Waals surface area contributed by atoms with Crippen LogP contribution in [0.1, 0.15) is 17.2 Å². The van der Waals surface area contributed by atoms with Crippen LogP contribution in [-0.2, 0) is 0 Å². The maximum absolute atomic E-state index is 6.35. The average Bonchev–Trinajstić information content (AvgIpc) is 2.48. The van der Waals surface area contributed by atoms with Crippen molar-refractivity contribution in [1.82, 2.24) is 0 Å². The number of halogens is 2. The van der Waals surface area contributed by atoms with Gasteiger partial charge < -0.3 is 15.2 Å². The zero-order chi connectivity index (χ0) is 14.7. The zero-order valence-corrected chi connectivity index (χ0v) is 13.5. The van der Waals surface area contributed by atoms with E-state index in [-0.39, 0.29) is 0 Å². The Morgan fingerprint density at radius 2 is 1.80 bits per heavy atom. The third-order valence-corrected chi connectivity index (χ3v) is 3.90. The van der Waals surface area contributed by atoms with Gasteiger partial charge in [0.1, 0.15) is 11.5 Å². The van der Waals surface area contributed by atoms with Crippen LogP contribution in [0.3, 0.4) is 0 Å². The Kier molecular flexibility index (Phi) is 4.91. The molecule has 5 heteroatoms. The SMILES string of the molecule is COc1ccc(OC)c(C(N)c2cc(Br)ccc2Cl)c1. The first-order chi connectivity index (χ1) is 9.56. The van der Waals surface area contributed by atoms with Crippen LogP contribution >= 0.6 is 27.5 Å². The summed E-state index contributed by atoms with van der Waals surface area (Å²) in [6, 6.07) is 10.7. The van der Waals surface area contributed by atoms with E-state index in [1.165, 1.54) is 0 Å². The molecule has 0 aromatic heterocycles. The Bertz CT molecular complexity index is 619. The monoisotopic (exact) mass is 355 g/mol. The summed E-state index contributed by atoms with van der Waals surface area (Å²) in [6.07, 6.45) is 0. The first kappa shape index (κ1) is 15.2. The number of ether oxygens (including phenoxy) is 2. The van der Waals surface area contributed by atoms with Crippen LogP contribution in [0.5, 0.6) is 11.5 Å². The highest BCUT2D eigenvalue weighted by atomic mass is 79.9. The topological polar surface area (TPSA) is 44.5 Å². The molecule has 0 fully saturated rings. The number of hydrogen-bond acceptors (Lipinski definition) is 3. The van der Waals surface area contributed by atoms with Crippen molar-refractivity contribution in [3.8, 4) is 11.5 Å². The van der Waals surface area contributed by atoms with Crippen LogP contribution in [0.25, 0.3) is 0 Å². The normalized spacial score (nSPS) is 12.1. The summed E-state index contributed by atoms with van der Waals surface area (Å²) in [5.74, 6) is 1.43. The molecule has 0 saturated carbocycles. The van der Waals surface area contributed by atoms with E-state index >= 15 is 0 Å². The minimum absolute atomic E-state index is 0.398. The Morgan fingerprint density at radius 1 is 1.05 bits per heavy atom. The van der Waals surface area contributed by atoms with Gasteiger partial charge in [0.15, 0.2) is 0 Å². The van der Waals surface area contributed by atoms with Crippen molar-refractivity contribution in [3.05, 3.63) is 57.0 Å². The highest BCUT2D eigenvalue weighted by Crippen LogP contribution is 2.35. The smallest absolute Gasteiger partial charge is 0.124 e. The number of hydrogen-bond donors (Lipinski definition) is 1. The van der Waals surface area contributed by atoms with Gasteiger partial charge in [0, 0.05) is 15.1 Å². The Hall–Kier alpha value is -1.23. The Labute approximate surface area is 131 Å². The molecule has 2 aromatic carbocycles. The lowest BCUT2D eigenvalue weighted by Gasteiger charge is -2.18. The van der Waals surface area contributed by atoms with Gasteiger partial charge in [-0.2, -0.15) is 0 Å². The van der Waals surface area contributed by atoms with E-state index in [1.54, 1.807) is 14.2 Å². The van der Waals surface area contributed by atoms with Crippen molar-refractivity contribution in [2.24, 2.45) is 5.73 Å². The minimum atomic E-state index is -0.398. The molecule has 0 aliphatic heterocycles. The number of benzene rings is 2. The summed E-state index contributed by atoms with van der Waals surface area (Å²) in [6.45, 7) is 0. The minimum Gasteiger partial charge on any atom is -0.497 e. The van der Waals surface area contributed by atoms with Gasteiger partial charge in [0.25, 0.3) is 0 Å². The van der Waals surface area contributed by atoms with Crippen molar-refractivity contribution in [3.63, 3.8) is 0 Å². The van der Waals surface area contributed by atoms with E-state index in [1.807, 2.05) is 36.4 Å². The van der Waals surface area contributed by atoms with Crippen LogP contribution in [-0.4, -0.2) is 14.2 Å². The number of rotatable bonds is 4. The van der Waals surface area contributed by atoms with Crippen LogP contribution in [0.15, 0.2) is 40.9 Å². The molecule has 0 saturated heterocycles. The molecule has 2 aromatic rings. The molecule has 0 aliphatic carbocycles. The lowest BCUT2D eigenvalue weighted by Crippen LogP contribution is -2.14. The van der Waals surface area contributed by atoms with Gasteiger partial charge in [0.2, 0.25) is 0 Å². The van der Waals surface area contributed by atoms with Gasteiger partial charge in [-0.15, -0.1) is 0 Å². The summed E-state index contributed by atoms with van der Waals surface area (Å²) in [4.78, 5) is 0. The summed E-state index contributed by atoms with van der Waals surface area (Å²) in [7, 11) is 3.23. The van der Waals surface area contributed by atoms with Crippen LogP contribution in [0, 0.1) is 0 Å². The van der Waals surface area contributed by atoms with Gasteiger partial charge in [-0.1, -0.05) is 27.5 Å². The fraction of sp³-hybridized carbons (Fsp3) is 0.200. The molecule has 3 nitrogen and oxygen atoms in total. The molecular weight excluding hydrogens is 342 g/mol. The first-order valence-corrected chi connectivity index (χ1v) is 7.16. The maximum atomic E-state index is 6.35. The lowest BCUT2D eigenvalue weighted by molar-refractivity contribution is 0.397. The van der Waals surface area contributed by atoms with Crippen molar-refractivity contribution in [2.45, 2.75) is 6.04 Å². The Morgan fingerprint density at radius 3 is 2.45 bits per heavy atom. The second-order valence-electron chi connectivity index (χ2n) is 4.25. The second kappa shape index (κ2) is 6.48. The molecule has 1 atom stereocenters. The third kappa shape index (κ3) is 3.08. The summed E-state index contributed by atoms with van der Waals surface area (Å²) in [5, 5.41) is 0.616. The second-order valence-corrected chi connectivity index (χ2v) is 5.57. The van der Waals surface area contributed by atoms with Crippen molar-refractivity contribution in [2.75, 3.05) is 14.2 Å². The fourth-order valence-electron chi connectivity index (χ4n) is 2.00. The lowest BCUT2D eigenvalue weighted by atomic mass is 9.98. The molecule has 0 radical (unpaired) electrons. The molecule has 0 bridgehead atoms. The van der Waals surface area contributed by atoms with Gasteiger partial charge in [0.05, 0.1) is 20.3 Å². The zero-order valence-electron chi connectivity index (χ0n) is 11.2. The largest absolute Gasteiger partial charge is 0.497 e. The standard InChI is InChI=1S/C15H15BrClNO2/c1-19-10-4-6-14(20-2)12(8-10)15(18)11-7-9(16)3-5-13(11)17/h3-8,15H,18H2,1-2H3. The van der Waals surface area contributed by atoms with E-state index in [0.717, 1.165) is 21.3 Å². The van der Waals surface area contributed by atoms with Crippen LogP contribution in [0.4, 0.5) is 0 Å². The Balaban J connectivity index is 2.51. The summed E-state index contributed by atoms with van der Waals surface area (Å²) >= 11 is 9.67. The van der Waals surface area contributed by atoms with E-state index in [2.05, 4.69) is 15.9 Å². The van der Waals surface area contributed by atoms with Crippen LogP contribution in [0.2, 0.25) is 5.02 Å². The molecule has 0 spiro atoms. The molecule has 1 unspecified atom stereocenters. The van der Waals surface area contributed by atoms with Gasteiger partial charge in [-0.05, 0) is 42.0 Å². The molecule has 0 heterocycles. The summed E-state index contributed by atoms with van der Waals surface area (Å²) < 4.78 is 11.5. The molecule has 20 heavy (non-hydrogen) atoms. The highest BCUT2D eigenvalue weighted by Gasteiger charge is 2.18. The molecule has 0 aliphatic rings. The van der Waals surface area contributed by atoms with Crippen molar-refractivity contribution in [1.29, 1.82) is 0 Å². The van der Waals surface area contributed by atoms with Gasteiger partial charge >= 0.3 is 0 Å². The molecular formula is C15H15BrClNO2. The predicted molar refractivity (Wildman–Crippen MR) is 84.7 cm³/mol. The molecule has 2 rings (SSSR count). The van der Waals surface area contributed by atoms with Gasteiger partial charge in [-0.3, -0.25) is 0 Å². The fourth-order valence-corrected chi connectivity index (χ4v) is 2.62. The van der Waals surface area contributed by atoms with Gasteiger partial charge in [-0.25, -0.2) is 0 Å². The van der Waals surface area contributed by atoms with E-state index < -0.39 is 6.04 Å². The van der Waals surface area contributed by atoms with Crippen molar-refractivity contribution >= 4 is 27.5 Å². The first-order valence-electron chi connectivity index (χ1n) is 5.99. The molecule has 106 valence electrons. The summed E-state index contributed by atoms with van der Waals surface area (Å²) in [5.41, 5.74) is 8.00. The number of nitrogens with two attached hydrogens (primary N) is 1. The molecule has 2 N–H and O–H groups in total. The van der Waals surface area contributed by atoms with Crippen LogP contribution < -0.4 is 15.2 Å². The highest BCUT2D eigenvalue weighted by molar-refractivity contribution is 9.10. The quantitative estimate of drug-likeness (QED) is 0.894.